The molecular weight excluding hydrogens is 435 g/mol. The number of hydrogen-bond acceptors (Lipinski definition) is 5. The quantitative estimate of drug-likeness (QED) is 0.520. The fraction of sp³-hybridized carbons (Fsp3) is 0.130. The monoisotopic (exact) mass is 456 g/mol. The highest BCUT2D eigenvalue weighted by Gasteiger charge is 2.27. The molecule has 7 nitrogen and oxygen atoms in total. The minimum absolute atomic E-state index is 0.0126. The fourth-order valence-electron chi connectivity index (χ4n) is 2.91. The number of sulfonamides is 1. The van der Waals surface area contributed by atoms with Crippen molar-refractivity contribution in [2.45, 2.75) is 11.8 Å². The van der Waals surface area contributed by atoms with E-state index in [1.807, 2.05) is 0 Å². The summed E-state index contributed by atoms with van der Waals surface area (Å²) in [6, 6.07) is 18.5. The summed E-state index contributed by atoms with van der Waals surface area (Å²) in [7, 11) is -4.11. The molecule has 0 aliphatic carbocycles. The number of benzene rings is 3. The fourth-order valence-corrected chi connectivity index (χ4v) is 4.35. The predicted octanol–water partition coefficient (Wildman–Crippen LogP) is 3.84. The molecule has 0 saturated heterocycles. The first-order valence-corrected chi connectivity index (χ1v) is 11.2. The highest BCUT2D eigenvalue weighted by molar-refractivity contribution is 7.92. The standard InChI is InChI=1S/C23H21FN2O5S/c1-2-31-23(28)17-7-6-8-19(15-17)25-22(27)16-26(20-13-11-18(24)12-14-20)32(29,30)21-9-4-3-5-10-21/h3-15H,2,16H2,1H3,(H,25,27). The molecule has 0 radical (unpaired) electrons. The molecule has 9 heteroatoms. The first kappa shape index (κ1) is 23.0. The SMILES string of the molecule is CCOC(=O)c1cccc(NC(=O)CN(c2ccc(F)cc2)S(=O)(=O)c2ccccc2)c1. The molecule has 1 amide bonds. The summed E-state index contributed by atoms with van der Waals surface area (Å²) in [6.07, 6.45) is 0. The van der Waals surface area contributed by atoms with E-state index in [0.717, 1.165) is 16.4 Å². The molecule has 0 aliphatic heterocycles. The number of nitrogens with one attached hydrogen (secondary N) is 1. The van der Waals surface area contributed by atoms with Crippen molar-refractivity contribution in [3.05, 3.63) is 90.2 Å². The van der Waals surface area contributed by atoms with Crippen LogP contribution in [0.4, 0.5) is 15.8 Å². The molecule has 0 saturated carbocycles. The van der Waals surface area contributed by atoms with E-state index in [1.54, 1.807) is 43.3 Å². The van der Waals surface area contributed by atoms with Crippen molar-refractivity contribution in [2.75, 3.05) is 22.8 Å². The summed E-state index contributed by atoms with van der Waals surface area (Å²) in [5.74, 6) is -1.72. The third-order valence-electron chi connectivity index (χ3n) is 4.39. The molecule has 0 bridgehead atoms. The van der Waals surface area contributed by atoms with Gasteiger partial charge in [-0.2, -0.15) is 0 Å². The lowest BCUT2D eigenvalue weighted by Gasteiger charge is -2.24. The Morgan fingerprint density at radius 3 is 2.31 bits per heavy atom. The molecule has 0 aromatic heterocycles. The van der Waals surface area contributed by atoms with E-state index >= 15 is 0 Å². The van der Waals surface area contributed by atoms with Gasteiger partial charge in [-0.05, 0) is 61.5 Å². The van der Waals surface area contributed by atoms with Gasteiger partial charge in [0, 0.05) is 5.69 Å². The largest absolute Gasteiger partial charge is 0.462 e. The van der Waals surface area contributed by atoms with Crippen molar-refractivity contribution in [1.29, 1.82) is 0 Å². The number of halogens is 1. The molecule has 0 atom stereocenters. The molecule has 1 N–H and O–H groups in total. The van der Waals surface area contributed by atoms with Crippen LogP contribution in [0, 0.1) is 5.82 Å². The number of rotatable bonds is 8. The molecule has 3 aromatic rings. The van der Waals surface area contributed by atoms with Crippen molar-refractivity contribution in [3.63, 3.8) is 0 Å². The van der Waals surface area contributed by atoms with Crippen LogP contribution in [0.2, 0.25) is 0 Å². The van der Waals surface area contributed by atoms with Crippen molar-refractivity contribution in [3.8, 4) is 0 Å². The van der Waals surface area contributed by atoms with Crippen LogP contribution in [0.5, 0.6) is 0 Å². The number of hydrogen-bond donors (Lipinski definition) is 1. The van der Waals surface area contributed by atoms with E-state index in [2.05, 4.69) is 5.32 Å². The van der Waals surface area contributed by atoms with Crippen LogP contribution in [0.25, 0.3) is 0 Å². The molecule has 32 heavy (non-hydrogen) atoms. The number of carbonyl (C=O) groups excluding carboxylic acids is 2. The number of nitrogens with zero attached hydrogens (tertiary/aromatic N) is 1. The zero-order valence-electron chi connectivity index (χ0n) is 17.2. The summed E-state index contributed by atoms with van der Waals surface area (Å²) < 4.78 is 45.7. The Morgan fingerprint density at radius 1 is 0.969 bits per heavy atom. The van der Waals surface area contributed by atoms with E-state index < -0.39 is 34.3 Å². The van der Waals surface area contributed by atoms with Crippen LogP contribution in [0.3, 0.4) is 0 Å². The van der Waals surface area contributed by atoms with Crippen molar-refractivity contribution in [1.82, 2.24) is 0 Å². The van der Waals surface area contributed by atoms with Gasteiger partial charge in [-0.15, -0.1) is 0 Å². The van der Waals surface area contributed by atoms with Gasteiger partial charge < -0.3 is 10.1 Å². The van der Waals surface area contributed by atoms with Crippen LogP contribution in [-0.2, 0) is 19.6 Å². The Balaban J connectivity index is 1.87. The first-order chi connectivity index (χ1) is 15.3. The molecular formula is C23H21FN2O5S. The summed E-state index contributed by atoms with van der Waals surface area (Å²) in [6.45, 7) is 1.33. The Labute approximate surface area is 185 Å². The zero-order valence-corrected chi connectivity index (χ0v) is 18.0. The summed E-state index contributed by atoms with van der Waals surface area (Å²) in [5, 5.41) is 2.59. The topological polar surface area (TPSA) is 92.8 Å². The Hall–Kier alpha value is -3.72. The van der Waals surface area contributed by atoms with Crippen molar-refractivity contribution >= 4 is 33.3 Å². The highest BCUT2D eigenvalue weighted by atomic mass is 32.2. The Bertz CT molecular complexity index is 1200. The Kier molecular flexibility index (Phi) is 7.21. The summed E-state index contributed by atoms with van der Waals surface area (Å²) >= 11 is 0. The summed E-state index contributed by atoms with van der Waals surface area (Å²) in [5.41, 5.74) is 0.680. The predicted molar refractivity (Wildman–Crippen MR) is 118 cm³/mol. The molecule has 0 heterocycles. The van der Waals surface area contributed by atoms with Gasteiger partial charge in [0.15, 0.2) is 0 Å². The number of carbonyl (C=O) groups is 2. The first-order valence-electron chi connectivity index (χ1n) is 9.71. The van der Waals surface area contributed by atoms with Gasteiger partial charge in [-0.25, -0.2) is 17.6 Å². The third-order valence-corrected chi connectivity index (χ3v) is 6.18. The maximum atomic E-state index is 13.4. The van der Waals surface area contributed by atoms with Gasteiger partial charge in [0.2, 0.25) is 5.91 Å². The van der Waals surface area contributed by atoms with E-state index in [9.17, 15) is 22.4 Å². The van der Waals surface area contributed by atoms with Gasteiger partial charge in [-0.1, -0.05) is 24.3 Å². The lowest BCUT2D eigenvalue weighted by molar-refractivity contribution is -0.114. The van der Waals surface area contributed by atoms with E-state index in [1.165, 1.54) is 30.3 Å². The van der Waals surface area contributed by atoms with Crippen LogP contribution in [-0.4, -0.2) is 33.4 Å². The van der Waals surface area contributed by atoms with E-state index in [-0.39, 0.29) is 22.8 Å². The van der Waals surface area contributed by atoms with Gasteiger partial charge in [0.25, 0.3) is 10.0 Å². The van der Waals surface area contributed by atoms with Crippen LogP contribution in [0.15, 0.2) is 83.8 Å². The van der Waals surface area contributed by atoms with Crippen LogP contribution < -0.4 is 9.62 Å². The molecule has 3 aromatic carbocycles. The lowest BCUT2D eigenvalue weighted by Crippen LogP contribution is -2.38. The lowest BCUT2D eigenvalue weighted by atomic mass is 10.2. The van der Waals surface area contributed by atoms with Gasteiger partial charge in [-0.3, -0.25) is 9.10 Å². The number of anilines is 2. The van der Waals surface area contributed by atoms with E-state index in [0.29, 0.717) is 5.69 Å². The minimum Gasteiger partial charge on any atom is -0.462 e. The maximum Gasteiger partial charge on any atom is 0.338 e. The second kappa shape index (κ2) is 10.1. The second-order valence-electron chi connectivity index (χ2n) is 6.65. The van der Waals surface area contributed by atoms with Crippen LogP contribution in [0.1, 0.15) is 17.3 Å². The van der Waals surface area contributed by atoms with Gasteiger partial charge in [0.1, 0.15) is 12.4 Å². The van der Waals surface area contributed by atoms with Crippen molar-refractivity contribution in [2.24, 2.45) is 0 Å². The Morgan fingerprint density at radius 2 is 1.66 bits per heavy atom. The second-order valence-corrected chi connectivity index (χ2v) is 8.51. The third kappa shape index (κ3) is 5.50. The zero-order chi connectivity index (χ0) is 23.1. The van der Waals surface area contributed by atoms with Crippen molar-refractivity contribution < 1.29 is 27.1 Å². The molecule has 0 unspecified atom stereocenters. The maximum absolute atomic E-state index is 13.4. The number of ether oxygens (including phenoxy) is 1. The average molecular weight is 456 g/mol. The van der Waals surface area contributed by atoms with Crippen LogP contribution >= 0.6 is 0 Å². The molecule has 0 spiro atoms. The molecule has 0 fully saturated rings. The number of amides is 1. The minimum atomic E-state index is -4.11. The van der Waals surface area contributed by atoms with Gasteiger partial charge >= 0.3 is 5.97 Å². The normalized spacial score (nSPS) is 10.9. The average Bonchev–Trinajstić information content (AvgIpc) is 2.79. The molecule has 3 rings (SSSR count). The number of esters is 1. The molecule has 0 aliphatic rings. The highest BCUT2D eigenvalue weighted by Crippen LogP contribution is 2.24. The smallest absolute Gasteiger partial charge is 0.338 e. The molecule has 166 valence electrons. The summed E-state index contributed by atoms with van der Waals surface area (Å²) in [4.78, 5) is 24.6. The van der Waals surface area contributed by atoms with Gasteiger partial charge in [0.05, 0.1) is 22.8 Å². The van der Waals surface area contributed by atoms with E-state index in [4.69, 9.17) is 4.74 Å².